The third-order valence-corrected chi connectivity index (χ3v) is 5.13. The molecule has 3 aromatic rings. The average molecular weight is 381 g/mol. The van der Waals surface area contributed by atoms with E-state index in [9.17, 15) is 4.79 Å². The fourth-order valence-electron chi connectivity index (χ4n) is 3.46. The quantitative estimate of drug-likeness (QED) is 0.597. The molecular weight excluding hydrogens is 354 g/mol. The number of fused-ring (bicyclic) bond motifs is 1. The molecule has 0 bridgehead atoms. The van der Waals surface area contributed by atoms with Gasteiger partial charge in [-0.1, -0.05) is 13.8 Å². The van der Waals surface area contributed by atoms with Crippen LogP contribution in [-0.2, 0) is 11.2 Å². The van der Waals surface area contributed by atoms with Gasteiger partial charge in [0.05, 0.1) is 26.9 Å². The number of likely N-dealkylation sites (N-methyl/N-ethyl adjacent to an activating group) is 1. The lowest BCUT2D eigenvalue weighted by Gasteiger charge is -2.19. The van der Waals surface area contributed by atoms with Crippen LogP contribution in [0, 0.1) is 6.92 Å². The Balaban J connectivity index is 1.87. The van der Waals surface area contributed by atoms with E-state index in [1.807, 2.05) is 6.07 Å². The minimum Gasteiger partial charge on any atom is -0.493 e. The number of rotatable bonds is 6. The van der Waals surface area contributed by atoms with Crippen molar-refractivity contribution in [3.8, 4) is 11.5 Å². The molecule has 3 rings (SSSR count). The van der Waals surface area contributed by atoms with Gasteiger partial charge in [-0.15, -0.1) is 0 Å². The van der Waals surface area contributed by atoms with Crippen LogP contribution in [0.15, 0.2) is 41.0 Å². The highest BCUT2D eigenvalue weighted by Gasteiger charge is 2.18. The summed E-state index contributed by atoms with van der Waals surface area (Å²) in [6, 6.07) is 9.63. The van der Waals surface area contributed by atoms with Crippen LogP contribution in [0.5, 0.6) is 11.5 Å². The second-order valence-corrected chi connectivity index (χ2v) is 7.29. The van der Waals surface area contributed by atoms with Gasteiger partial charge in [-0.2, -0.15) is 0 Å². The smallest absolute Gasteiger partial charge is 0.231 e. The summed E-state index contributed by atoms with van der Waals surface area (Å²) in [6.07, 6.45) is 1.95. The summed E-state index contributed by atoms with van der Waals surface area (Å²) in [6.45, 7) is 6.43. The Hall–Kier alpha value is -2.95. The van der Waals surface area contributed by atoms with Crippen molar-refractivity contribution >= 4 is 22.6 Å². The van der Waals surface area contributed by atoms with Crippen LogP contribution >= 0.6 is 0 Å². The van der Waals surface area contributed by atoms with E-state index in [0.717, 1.165) is 22.2 Å². The van der Waals surface area contributed by atoms with Gasteiger partial charge in [0.2, 0.25) is 5.91 Å². The lowest BCUT2D eigenvalue weighted by molar-refractivity contribution is -0.117. The third-order valence-electron chi connectivity index (χ3n) is 5.13. The van der Waals surface area contributed by atoms with Gasteiger partial charge in [-0.05, 0) is 48.2 Å². The highest BCUT2D eigenvalue weighted by atomic mass is 16.5. The molecule has 5 nitrogen and oxygen atoms in total. The Kier molecular flexibility index (Phi) is 5.63. The summed E-state index contributed by atoms with van der Waals surface area (Å²) in [7, 11) is 4.93. The first-order valence-corrected chi connectivity index (χ1v) is 9.35. The van der Waals surface area contributed by atoms with Crippen molar-refractivity contribution in [3.63, 3.8) is 0 Å². The van der Waals surface area contributed by atoms with Crippen molar-refractivity contribution in [1.29, 1.82) is 0 Å². The maximum atomic E-state index is 12.9. The van der Waals surface area contributed by atoms with E-state index in [2.05, 4.69) is 32.9 Å². The van der Waals surface area contributed by atoms with E-state index in [4.69, 9.17) is 13.9 Å². The molecule has 0 aliphatic heterocycles. The average Bonchev–Trinajstić information content (AvgIpc) is 3.07. The predicted octanol–water partition coefficient (Wildman–Crippen LogP) is 5.09. The standard InChI is InChI=1S/C23H27NO4/c1-14(2)18-12-19-16(13-28-21(19)9-15(18)3)10-23(25)24(4)17-7-8-20(26-5)22(11-17)27-6/h7-9,11-14H,10H2,1-6H3. The molecule has 2 aromatic carbocycles. The maximum absolute atomic E-state index is 12.9. The van der Waals surface area contributed by atoms with Crippen LogP contribution in [0.2, 0.25) is 0 Å². The summed E-state index contributed by atoms with van der Waals surface area (Å²) in [4.78, 5) is 14.5. The second-order valence-electron chi connectivity index (χ2n) is 7.29. The van der Waals surface area contributed by atoms with Crippen molar-refractivity contribution in [2.45, 2.75) is 33.1 Å². The van der Waals surface area contributed by atoms with E-state index >= 15 is 0 Å². The van der Waals surface area contributed by atoms with Crippen molar-refractivity contribution in [3.05, 3.63) is 53.3 Å². The molecule has 0 saturated heterocycles. The maximum Gasteiger partial charge on any atom is 0.231 e. The summed E-state index contributed by atoms with van der Waals surface area (Å²) in [5.41, 5.74) is 4.94. The lowest BCUT2D eigenvalue weighted by atomic mass is 9.95. The highest BCUT2D eigenvalue weighted by Crippen LogP contribution is 2.32. The van der Waals surface area contributed by atoms with Crippen LogP contribution in [0.3, 0.4) is 0 Å². The summed E-state index contributed by atoms with van der Waals surface area (Å²) < 4.78 is 16.3. The highest BCUT2D eigenvalue weighted by molar-refractivity contribution is 5.97. The zero-order valence-corrected chi connectivity index (χ0v) is 17.3. The summed E-state index contributed by atoms with van der Waals surface area (Å²) in [5.74, 6) is 1.61. The number of furan rings is 1. The number of amides is 1. The Morgan fingerprint density at radius 2 is 1.82 bits per heavy atom. The first-order valence-electron chi connectivity index (χ1n) is 9.35. The molecule has 0 aliphatic carbocycles. The molecule has 0 fully saturated rings. The molecule has 0 radical (unpaired) electrons. The number of methoxy groups -OCH3 is 2. The van der Waals surface area contributed by atoms with Crippen LogP contribution < -0.4 is 14.4 Å². The zero-order chi connectivity index (χ0) is 20.4. The number of aryl methyl sites for hydroxylation is 1. The van der Waals surface area contributed by atoms with Crippen LogP contribution in [0.1, 0.15) is 36.5 Å². The topological polar surface area (TPSA) is 51.9 Å². The molecule has 5 heteroatoms. The van der Waals surface area contributed by atoms with E-state index in [1.54, 1.807) is 44.6 Å². The van der Waals surface area contributed by atoms with Gasteiger partial charge in [-0.3, -0.25) is 4.79 Å². The Morgan fingerprint density at radius 3 is 2.46 bits per heavy atom. The molecule has 148 valence electrons. The second kappa shape index (κ2) is 7.97. The van der Waals surface area contributed by atoms with Crippen molar-refractivity contribution in [2.24, 2.45) is 0 Å². The SMILES string of the molecule is COc1ccc(N(C)C(=O)Cc2coc3cc(C)c(C(C)C)cc23)cc1OC. The van der Waals surface area contributed by atoms with E-state index in [1.165, 1.54) is 11.1 Å². The van der Waals surface area contributed by atoms with Crippen LogP contribution in [-0.4, -0.2) is 27.2 Å². The first-order chi connectivity index (χ1) is 13.3. The molecule has 28 heavy (non-hydrogen) atoms. The minimum atomic E-state index is -0.0263. The Morgan fingerprint density at radius 1 is 1.11 bits per heavy atom. The molecule has 0 unspecified atom stereocenters. The number of hydrogen-bond donors (Lipinski definition) is 0. The first kappa shape index (κ1) is 19.8. The van der Waals surface area contributed by atoms with Gasteiger partial charge in [0.25, 0.3) is 0 Å². The molecule has 0 spiro atoms. The van der Waals surface area contributed by atoms with E-state index in [-0.39, 0.29) is 12.3 Å². The number of ether oxygens (including phenoxy) is 2. The van der Waals surface area contributed by atoms with Crippen LogP contribution in [0.4, 0.5) is 5.69 Å². The molecular formula is C23H27NO4. The van der Waals surface area contributed by atoms with Gasteiger partial charge in [0.1, 0.15) is 5.58 Å². The van der Waals surface area contributed by atoms with Gasteiger partial charge < -0.3 is 18.8 Å². The normalized spacial score (nSPS) is 11.1. The molecule has 0 atom stereocenters. The summed E-state index contributed by atoms with van der Waals surface area (Å²) in [5, 5.41) is 1.00. The number of hydrogen-bond acceptors (Lipinski definition) is 4. The van der Waals surface area contributed by atoms with Gasteiger partial charge in [0, 0.05) is 29.8 Å². The van der Waals surface area contributed by atoms with Gasteiger partial charge in [0.15, 0.2) is 11.5 Å². The third kappa shape index (κ3) is 3.70. The van der Waals surface area contributed by atoms with Gasteiger partial charge >= 0.3 is 0 Å². The molecule has 1 heterocycles. The lowest BCUT2D eigenvalue weighted by Crippen LogP contribution is -2.27. The van der Waals surface area contributed by atoms with Gasteiger partial charge in [-0.25, -0.2) is 0 Å². The van der Waals surface area contributed by atoms with Crippen LogP contribution in [0.25, 0.3) is 11.0 Å². The Bertz CT molecular complexity index is 1000. The molecule has 0 N–H and O–H groups in total. The largest absolute Gasteiger partial charge is 0.493 e. The van der Waals surface area contributed by atoms with Crippen molar-refractivity contribution in [1.82, 2.24) is 0 Å². The Labute approximate surface area is 165 Å². The predicted molar refractivity (Wildman–Crippen MR) is 112 cm³/mol. The number of nitrogens with zero attached hydrogens (tertiary/aromatic N) is 1. The number of carbonyl (C=O) groups excluding carboxylic acids is 1. The molecule has 0 saturated carbocycles. The molecule has 0 aliphatic rings. The fourth-order valence-corrected chi connectivity index (χ4v) is 3.46. The zero-order valence-electron chi connectivity index (χ0n) is 17.3. The monoisotopic (exact) mass is 381 g/mol. The van der Waals surface area contributed by atoms with E-state index < -0.39 is 0 Å². The number of anilines is 1. The van der Waals surface area contributed by atoms with E-state index in [0.29, 0.717) is 17.4 Å². The molecule has 1 amide bonds. The summed E-state index contributed by atoms with van der Waals surface area (Å²) >= 11 is 0. The van der Waals surface area contributed by atoms with Crippen molar-refractivity contribution < 1.29 is 18.7 Å². The minimum absolute atomic E-state index is 0.0263. The number of carbonyl (C=O) groups is 1. The number of benzene rings is 2. The van der Waals surface area contributed by atoms with Crippen molar-refractivity contribution in [2.75, 3.05) is 26.2 Å². The molecule has 1 aromatic heterocycles. The fraction of sp³-hybridized carbons (Fsp3) is 0.348.